The molecule has 11 nitrogen and oxygen atoms in total. The molecule has 3 N–H and O–H groups in total. The van der Waals surface area contributed by atoms with Crippen LogP contribution in [0.15, 0.2) is 94.4 Å². The number of para-hydroxylation sites is 1. The summed E-state index contributed by atoms with van der Waals surface area (Å²) in [6.45, 7) is 0. The first-order chi connectivity index (χ1) is 18.9. The molecule has 5 rings (SSSR count). The average molecular weight is 561 g/mol. The maximum Gasteiger partial charge on any atom is 0.269 e. The van der Waals surface area contributed by atoms with Gasteiger partial charge < -0.3 is 15.1 Å². The summed E-state index contributed by atoms with van der Waals surface area (Å²) in [5, 5.41) is 22.1. The number of benzene rings is 3. The quantitative estimate of drug-likeness (QED) is 0.0961. The van der Waals surface area contributed by atoms with E-state index >= 15 is 0 Å². The average Bonchev–Trinajstić information content (AvgIpc) is 3.40. The molecule has 0 aliphatic rings. The highest BCUT2D eigenvalue weighted by molar-refractivity contribution is 6.42. The van der Waals surface area contributed by atoms with Gasteiger partial charge in [-0.15, -0.1) is 0 Å². The van der Waals surface area contributed by atoms with Crippen molar-refractivity contribution in [2.45, 2.75) is 0 Å². The second kappa shape index (κ2) is 11.6. The lowest BCUT2D eigenvalue weighted by atomic mass is 10.2. The zero-order valence-corrected chi connectivity index (χ0v) is 21.4. The van der Waals surface area contributed by atoms with Crippen molar-refractivity contribution < 1.29 is 9.34 Å². The number of furan rings is 1. The van der Waals surface area contributed by atoms with Crippen LogP contribution in [0.25, 0.3) is 11.3 Å². The molecule has 0 spiro atoms. The minimum Gasteiger partial charge on any atom is -0.455 e. The standard InChI is InChI=1S/C26H18Cl2N8O3/c27-21-12-6-16(14-22(21)28)23-13-11-20(39-23)15-29-35-26-33-24(30-17-4-2-1-3-5-17)32-25(34-26)31-18-7-9-19(10-8-18)36(37)38/h1-15H,(H3,30,31,32,33,34,35)/b29-15-. The van der Waals surface area contributed by atoms with Gasteiger partial charge in [0.1, 0.15) is 11.5 Å². The van der Waals surface area contributed by atoms with Gasteiger partial charge >= 0.3 is 0 Å². The summed E-state index contributed by atoms with van der Waals surface area (Å²) >= 11 is 12.1. The fraction of sp³-hybridized carbons (Fsp3) is 0. The van der Waals surface area contributed by atoms with E-state index in [-0.39, 0.29) is 23.5 Å². The lowest BCUT2D eigenvalue weighted by Gasteiger charge is -2.10. The van der Waals surface area contributed by atoms with E-state index in [2.05, 4.69) is 36.1 Å². The number of nitrogens with zero attached hydrogens (tertiary/aromatic N) is 5. The molecule has 2 heterocycles. The Morgan fingerprint density at radius 1 is 0.795 bits per heavy atom. The van der Waals surface area contributed by atoms with E-state index in [4.69, 9.17) is 27.6 Å². The van der Waals surface area contributed by atoms with Gasteiger partial charge in [0, 0.05) is 29.1 Å². The van der Waals surface area contributed by atoms with Crippen LogP contribution in [0.4, 0.5) is 34.9 Å². The Kier molecular flexibility index (Phi) is 7.62. The number of anilines is 5. The van der Waals surface area contributed by atoms with Crippen LogP contribution in [0.2, 0.25) is 10.0 Å². The number of hydrazone groups is 1. The summed E-state index contributed by atoms with van der Waals surface area (Å²) in [4.78, 5) is 23.6. The second-order valence-corrected chi connectivity index (χ2v) is 8.74. The molecule has 0 aliphatic carbocycles. The molecule has 5 aromatic rings. The predicted molar refractivity (Wildman–Crippen MR) is 151 cm³/mol. The molecule has 0 saturated carbocycles. The Hall–Kier alpha value is -5.00. The molecular weight excluding hydrogens is 543 g/mol. The molecule has 2 aromatic heterocycles. The van der Waals surface area contributed by atoms with E-state index in [1.807, 2.05) is 30.3 Å². The number of hydrogen-bond acceptors (Lipinski definition) is 10. The number of non-ortho nitro benzene ring substituents is 1. The van der Waals surface area contributed by atoms with Gasteiger partial charge in [0.25, 0.3) is 5.69 Å². The SMILES string of the molecule is O=[N+]([O-])c1ccc(Nc2nc(N/N=C\c3ccc(-c4ccc(Cl)c(Cl)c4)o3)nc(Nc3ccccc3)n2)cc1. The molecule has 39 heavy (non-hydrogen) atoms. The van der Waals surface area contributed by atoms with E-state index in [0.29, 0.717) is 27.3 Å². The van der Waals surface area contributed by atoms with Crippen molar-refractivity contribution in [2.75, 3.05) is 16.1 Å². The van der Waals surface area contributed by atoms with Gasteiger partial charge in [-0.3, -0.25) is 10.1 Å². The van der Waals surface area contributed by atoms with Crippen molar-refractivity contribution in [1.29, 1.82) is 0 Å². The van der Waals surface area contributed by atoms with Gasteiger partial charge in [-0.05, 0) is 54.6 Å². The number of nitrogens with one attached hydrogen (secondary N) is 3. The van der Waals surface area contributed by atoms with Gasteiger partial charge in [0.05, 0.1) is 21.2 Å². The van der Waals surface area contributed by atoms with Crippen molar-refractivity contribution >= 4 is 64.3 Å². The Labute approximate surface area is 231 Å². The highest BCUT2D eigenvalue weighted by Crippen LogP contribution is 2.29. The van der Waals surface area contributed by atoms with Crippen LogP contribution in [-0.4, -0.2) is 26.1 Å². The van der Waals surface area contributed by atoms with Crippen molar-refractivity contribution in [1.82, 2.24) is 15.0 Å². The zero-order chi connectivity index (χ0) is 27.2. The van der Waals surface area contributed by atoms with Gasteiger partial charge in [-0.2, -0.15) is 20.1 Å². The van der Waals surface area contributed by atoms with Crippen molar-refractivity contribution in [3.63, 3.8) is 0 Å². The lowest BCUT2D eigenvalue weighted by molar-refractivity contribution is -0.384. The number of rotatable bonds is 9. The monoisotopic (exact) mass is 560 g/mol. The van der Waals surface area contributed by atoms with Crippen molar-refractivity contribution in [3.8, 4) is 11.3 Å². The summed E-state index contributed by atoms with van der Waals surface area (Å²) in [6.07, 6.45) is 1.47. The summed E-state index contributed by atoms with van der Waals surface area (Å²) in [5.41, 5.74) is 4.84. The highest BCUT2D eigenvalue weighted by atomic mass is 35.5. The summed E-state index contributed by atoms with van der Waals surface area (Å²) in [6, 6.07) is 24.0. The zero-order valence-electron chi connectivity index (χ0n) is 19.9. The highest BCUT2D eigenvalue weighted by Gasteiger charge is 2.10. The van der Waals surface area contributed by atoms with Crippen LogP contribution in [-0.2, 0) is 0 Å². The Balaban J connectivity index is 1.35. The fourth-order valence-corrected chi connectivity index (χ4v) is 3.66. The minimum atomic E-state index is -0.471. The number of nitro groups is 1. The molecule has 0 unspecified atom stereocenters. The molecule has 0 fully saturated rings. The van der Waals surface area contributed by atoms with Gasteiger partial charge in [0.15, 0.2) is 0 Å². The molecule has 13 heteroatoms. The van der Waals surface area contributed by atoms with Crippen LogP contribution in [0.3, 0.4) is 0 Å². The second-order valence-electron chi connectivity index (χ2n) is 7.93. The van der Waals surface area contributed by atoms with Gasteiger partial charge in [-0.1, -0.05) is 41.4 Å². The lowest BCUT2D eigenvalue weighted by Crippen LogP contribution is -2.07. The largest absolute Gasteiger partial charge is 0.455 e. The van der Waals surface area contributed by atoms with E-state index < -0.39 is 4.92 Å². The third kappa shape index (κ3) is 6.66. The third-order valence-corrected chi connectivity index (χ3v) is 5.93. The first kappa shape index (κ1) is 25.6. The predicted octanol–water partition coefficient (Wildman–Crippen LogP) is 7.28. The van der Waals surface area contributed by atoms with Crippen LogP contribution in [0.1, 0.15) is 5.76 Å². The van der Waals surface area contributed by atoms with Crippen LogP contribution >= 0.6 is 23.2 Å². The minimum absolute atomic E-state index is 0.0282. The maximum absolute atomic E-state index is 10.9. The van der Waals surface area contributed by atoms with Gasteiger partial charge in [-0.25, -0.2) is 5.43 Å². The number of aromatic nitrogens is 3. The molecule has 0 bridgehead atoms. The summed E-state index contributed by atoms with van der Waals surface area (Å²) < 4.78 is 5.82. The van der Waals surface area contributed by atoms with Crippen molar-refractivity contribution in [2.24, 2.45) is 5.10 Å². The molecule has 0 saturated heterocycles. The smallest absolute Gasteiger partial charge is 0.269 e. The molecule has 194 valence electrons. The van der Waals surface area contributed by atoms with E-state index in [9.17, 15) is 10.1 Å². The van der Waals surface area contributed by atoms with Crippen LogP contribution in [0, 0.1) is 10.1 Å². The third-order valence-electron chi connectivity index (χ3n) is 5.19. The summed E-state index contributed by atoms with van der Waals surface area (Å²) in [5.74, 6) is 1.65. The molecule has 0 amide bonds. The van der Waals surface area contributed by atoms with E-state index in [1.54, 1.807) is 42.5 Å². The van der Waals surface area contributed by atoms with Crippen LogP contribution < -0.4 is 16.1 Å². The first-order valence-electron chi connectivity index (χ1n) is 11.4. The maximum atomic E-state index is 10.9. The normalized spacial score (nSPS) is 10.9. The summed E-state index contributed by atoms with van der Waals surface area (Å²) in [7, 11) is 0. The number of hydrogen-bond donors (Lipinski definition) is 3. The topological polar surface area (TPSA) is 143 Å². The van der Waals surface area contributed by atoms with E-state index in [1.165, 1.54) is 18.3 Å². The Morgan fingerprint density at radius 3 is 2.13 bits per heavy atom. The van der Waals surface area contributed by atoms with Crippen LogP contribution in [0.5, 0.6) is 0 Å². The molecule has 3 aromatic carbocycles. The Bertz CT molecular complexity index is 1640. The van der Waals surface area contributed by atoms with Gasteiger partial charge in [0.2, 0.25) is 17.8 Å². The molecule has 0 atom stereocenters. The molecular formula is C26H18Cl2N8O3. The Morgan fingerprint density at radius 2 is 1.46 bits per heavy atom. The number of halogens is 2. The molecule has 0 aliphatic heterocycles. The number of nitro benzene ring substituents is 1. The first-order valence-corrected chi connectivity index (χ1v) is 12.1. The van der Waals surface area contributed by atoms with E-state index in [0.717, 1.165) is 11.3 Å². The fourth-order valence-electron chi connectivity index (χ4n) is 3.36. The molecule has 0 radical (unpaired) electrons. The van der Waals surface area contributed by atoms with Crippen molar-refractivity contribution in [3.05, 3.63) is 111 Å².